The number of ether oxygens (including phenoxy) is 1. The fourth-order valence-corrected chi connectivity index (χ4v) is 3.40. The molecule has 1 aliphatic heterocycles. The fraction of sp³-hybridized carbons (Fsp3) is 0.647. The van der Waals surface area contributed by atoms with Crippen molar-refractivity contribution in [3.05, 3.63) is 28.7 Å². The van der Waals surface area contributed by atoms with Crippen LogP contribution in [-0.4, -0.2) is 39.9 Å². The number of nitrogens with one attached hydrogen (secondary N) is 1. The summed E-state index contributed by atoms with van der Waals surface area (Å²) >= 11 is 0. The third kappa shape index (κ3) is 3.57. The van der Waals surface area contributed by atoms with Crippen LogP contribution in [0.3, 0.4) is 0 Å². The van der Waals surface area contributed by atoms with Gasteiger partial charge in [0.15, 0.2) is 5.82 Å². The predicted molar refractivity (Wildman–Crippen MR) is 89.1 cm³/mol. The maximum Gasteiger partial charge on any atom is 0.317 e. The van der Waals surface area contributed by atoms with Crippen molar-refractivity contribution in [3.8, 4) is 0 Å². The van der Waals surface area contributed by atoms with Crippen LogP contribution < -0.4 is 5.32 Å². The molecule has 1 fully saturated rings. The highest BCUT2D eigenvalue weighted by atomic mass is 16.5. The zero-order chi connectivity index (χ0) is 17.9. The van der Waals surface area contributed by atoms with Crippen LogP contribution in [0.15, 0.2) is 9.05 Å². The van der Waals surface area contributed by atoms with Gasteiger partial charge in [0, 0.05) is 25.6 Å². The molecular formula is C17H23N5O4. The second-order valence-corrected chi connectivity index (χ2v) is 6.80. The number of hydrogen-bond acceptors (Lipinski definition) is 7. The molecule has 3 heterocycles. The average Bonchev–Trinajstić information content (AvgIpc) is 3.40. The maximum absolute atomic E-state index is 12.3. The van der Waals surface area contributed by atoms with E-state index in [1.54, 1.807) is 11.9 Å². The molecule has 2 aromatic rings. The van der Waals surface area contributed by atoms with E-state index < -0.39 is 0 Å². The molecule has 0 unspecified atom stereocenters. The van der Waals surface area contributed by atoms with Crippen LogP contribution in [0.1, 0.15) is 60.5 Å². The number of aromatic nitrogens is 3. The zero-order valence-corrected chi connectivity index (χ0v) is 14.9. The van der Waals surface area contributed by atoms with Crippen molar-refractivity contribution in [3.63, 3.8) is 0 Å². The SMILES string of the molecule is CN(Cc1noc2c1CCCC2)C(=O)NCc1noc([C@H]2CCCO2)n1. The lowest BCUT2D eigenvalue weighted by atomic mass is 9.96. The Kier molecular flexibility index (Phi) is 4.87. The first-order valence-corrected chi connectivity index (χ1v) is 9.10. The Labute approximate surface area is 151 Å². The maximum atomic E-state index is 12.3. The Morgan fingerprint density at radius 1 is 1.23 bits per heavy atom. The van der Waals surface area contributed by atoms with Crippen molar-refractivity contribution in [1.82, 2.24) is 25.5 Å². The van der Waals surface area contributed by atoms with E-state index in [9.17, 15) is 4.79 Å². The minimum Gasteiger partial charge on any atom is -0.368 e. The minimum atomic E-state index is -0.221. The highest BCUT2D eigenvalue weighted by Gasteiger charge is 2.24. The van der Waals surface area contributed by atoms with Gasteiger partial charge in [-0.2, -0.15) is 4.98 Å². The Morgan fingerprint density at radius 2 is 2.12 bits per heavy atom. The van der Waals surface area contributed by atoms with Crippen molar-refractivity contribution < 1.29 is 18.6 Å². The molecule has 1 saturated heterocycles. The van der Waals surface area contributed by atoms with Gasteiger partial charge < -0.3 is 24.0 Å². The normalized spacial score (nSPS) is 19.3. The van der Waals surface area contributed by atoms with Gasteiger partial charge in [-0.1, -0.05) is 10.3 Å². The number of carbonyl (C=O) groups excluding carboxylic acids is 1. The third-order valence-corrected chi connectivity index (χ3v) is 4.85. The Morgan fingerprint density at radius 3 is 2.96 bits per heavy atom. The number of carbonyl (C=O) groups is 1. The largest absolute Gasteiger partial charge is 0.368 e. The molecular weight excluding hydrogens is 338 g/mol. The first-order chi connectivity index (χ1) is 12.7. The van der Waals surface area contributed by atoms with E-state index in [1.165, 1.54) is 0 Å². The van der Waals surface area contributed by atoms with Crippen molar-refractivity contribution >= 4 is 6.03 Å². The van der Waals surface area contributed by atoms with E-state index in [-0.39, 0.29) is 18.7 Å². The predicted octanol–water partition coefficient (Wildman–Crippen LogP) is 2.13. The van der Waals surface area contributed by atoms with Crippen LogP contribution in [0.5, 0.6) is 0 Å². The summed E-state index contributed by atoms with van der Waals surface area (Å²) in [7, 11) is 1.73. The lowest BCUT2D eigenvalue weighted by molar-refractivity contribution is 0.0835. The van der Waals surface area contributed by atoms with E-state index in [2.05, 4.69) is 20.6 Å². The molecule has 1 N–H and O–H groups in total. The number of urea groups is 1. The zero-order valence-electron chi connectivity index (χ0n) is 14.9. The molecule has 2 aliphatic rings. The first kappa shape index (κ1) is 17.0. The molecule has 9 nitrogen and oxygen atoms in total. The van der Waals surface area contributed by atoms with Crippen molar-refractivity contribution in [1.29, 1.82) is 0 Å². The Balaban J connectivity index is 1.30. The van der Waals surface area contributed by atoms with Crippen molar-refractivity contribution in [2.75, 3.05) is 13.7 Å². The molecule has 1 aliphatic carbocycles. The number of fused-ring (bicyclic) bond motifs is 1. The van der Waals surface area contributed by atoms with Gasteiger partial charge in [0.2, 0.25) is 0 Å². The highest BCUT2D eigenvalue weighted by Crippen LogP contribution is 2.27. The summed E-state index contributed by atoms with van der Waals surface area (Å²) in [5, 5.41) is 10.8. The van der Waals surface area contributed by atoms with Crippen LogP contribution >= 0.6 is 0 Å². The molecule has 0 saturated carbocycles. The Hall–Kier alpha value is -2.42. The molecule has 0 bridgehead atoms. The molecule has 2 amide bonds. The van der Waals surface area contributed by atoms with E-state index >= 15 is 0 Å². The molecule has 140 valence electrons. The number of nitrogens with zero attached hydrogens (tertiary/aromatic N) is 4. The van der Waals surface area contributed by atoms with Gasteiger partial charge in [0.05, 0.1) is 13.1 Å². The first-order valence-electron chi connectivity index (χ1n) is 9.10. The van der Waals surface area contributed by atoms with E-state index in [4.69, 9.17) is 13.8 Å². The number of hydrogen-bond donors (Lipinski definition) is 1. The number of rotatable bonds is 5. The van der Waals surface area contributed by atoms with E-state index in [0.29, 0.717) is 18.3 Å². The van der Waals surface area contributed by atoms with Crippen LogP contribution in [0, 0.1) is 0 Å². The van der Waals surface area contributed by atoms with Gasteiger partial charge in [-0.3, -0.25) is 0 Å². The van der Waals surface area contributed by atoms with Gasteiger partial charge >= 0.3 is 6.03 Å². The summed E-state index contributed by atoms with van der Waals surface area (Å²) < 4.78 is 16.1. The lowest BCUT2D eigenvalue weighted by Gasteiger charge is -2.17. The quantitative estimate of drug-likeness (QED) is 0.869. The molecule has 4 rings (SSSR count). The number of amides is 2. The van der Waals surface area contributed by atoms with E-state index in [1.807, 2.05) is 0 Å². The molecule has 26 heavy (non-hydrogen) atoms. The van der Waals surface area contributed by atoms with Crippen LogP contribution in [0.2, 0.25) is 0 Å². The molecule has 1 atom stereocenters. The third-order valence-electron chi connectivity index (χ3n) is 4.85. The molecule has 0 aromatic carbocycles. The lowest BCUT2D eigenvalue weighted by Crippen LogP contribution is -2.36. The fourth-order valence-electron chi connectivity index (χ4n) is 3.40. The van der Waals surface area contributed by atoms with Gasteiger partial charge in [-0.15, -0.1) is 0 Å². The standard InChI is InChI=1S/C17H23N5O4/c1-22(10-12-11-5-2-3-6-13(11)25-20-12)17(23)18-9-15-19-16(26-21-15)14-7-4-8-24-14/h14H,2-10H2,1H3,(H,18,23)/t14-/m1/s1. The topological polar surface area (TPSA) is 107 Å². The summed E-state index contributed by atoms with van der Waals surface area (Å²) in [5.41, 5.74) is 2.01. The molecule has 0 radical (unpaired) electrons. The van der Waals surface area contributed by atoms with Crippen LogP contribution in [0.25, 0.3) is 0 Å². The van der Waals surface area contributed by atoms with Crippen LogP contribution in [-0.2, 0) is 30.7 Å². The Bertz CT molecular complexity index is 765. The summed E-state index contributed by atoms with van der Waals surface area (Å²) in [6.07, 6.45) is 5.95. The monoisotopic (exact) mass is 361 g/mol. The minimum absolute atomic E-state index is 0.118. The highest BCUT2D eigenvalue weighted by molar-refractivity contribution is 5.73. The van der Waals surface area contributed by atoms with Gasteiger partial charge in [-0.25, -0.2) is 4.79 Å². The summed E-state index contributed by atoms with van der Waals surface area (Å²) in [4.78, 5) is 18.2. The summed E-state index contributed by atoms with van der Waals surface area (Å²) in [6.45, 7) is 1.34. The number of aryl methyl sites for hydroxylation is 1. The molecule has 2 aromatic heterocycles. The van der Waals surface area contributed by atoms with E-state index in [0.717, 1.165) is 62.1 Å². The summed E-state index contributed by atoms with van der Waals surface area (Å²) in [6, 6.07) is -0.221. The second-order valence-electron chi connectivity index (χ2n) is 6.80. The second kappa shape index (κ2) is 7.45. The van der Waals surface area contributed by atoms with Gasteiger partial charge in [-0.05, 0) is 32.1 Å². The van der Waals surface area contributed by atoms with Crippen LogP contribution in [0.4, 0.5) is 4.79 Å². The molecule has 0 spiro atoms. The van der Waals surface area contributed by atoms with Gasteiger partial charge in [0.25, 0.3) is 5.89 Å². The molecule has 9 heteroatoms. The van der Waals surface area contributed by atoms with Gasteiger partial charge in [0.1, 0.15) is 17.6 Å². The van der Waals surface area contributed by atoms with Crippen molar-refractivity contribution in [2.24, 2.45) is 0 Å². The van der Waals surface area contributed by atoms with Crippen molar-refractivity contribution in [2.45, 2.75) is 57.7 Å². The average molecular weight is 361 g/mol. The smallest absolute Gasteiger partial charge is 0.317 e. The summed E-state index contributed by atoms with van der Waals surface area (Å²) in [5.74, 6) is 1.89.